The Morgan fingerprint density at radius 2 is 1.85 bits per heavy atom. The molecule has 1 fully saturated rings. The quantitative estimate of drug-likeness (QED) is 0.288. The summed E-state index contributed by atoms with van der Waals surface area (Å²) in [6, 6.07) is 7.14. The number of nitrogens with one attached hydrogen (secondary N) is 1. The van der Waals surface area contributed by atoms with Gasteiger partial charge in [0, 0.05) is 37.0 Å². The van der Waals surface area contributed by atoms with E-state index >= 15 is 0 Å². The lowest BCUT2D eigenvalue weighted by Crippen LogP contribution is -2.33. The highest BCUT2D eigenvalue weighted by Crippen LogP contribution is 2.30. The van der Waals surface area contributed by atoms with Gasteiger partial charge in [0.1, 0.15) is 23.0 Å². The lowest BCUT2D eigenvalue weighted by atomic mass is 10.1. The number of benzene rings is 2. The first-order valence-corrected chi connectivity index (χ1v) is 11.8. The summed E-state index contributed by atoms with van der Waals surface area (Å²) >= 11 is 0.941. The van der Waals surface area contributed by atoms with E-state index in [9.17, 15) is 22.4 Å². The van der Waals surface area contributed by atoms with Gasteiger partial charge < -0.3 is 14.8 Å². The molecule has 10 heteroatoms. The van der Waals surface area contributed by atoms with Crippen LogP contribution < -0.4 is 0 Å². The molecule has 1 aromatic heterocycles. The molecule has 2 aromatic carbocycles. The van der Waals surface area contributed by atoms with E-state index in [2.05, 4.69) is 14.9 Å². The zero-order valence-corrected chi connectivity index (χ0v) is 19.6. The highest BCUT2D eigenvalue weighted by Gasteiger charge is 2.27. The summed E-state index contributed by atoms with van der Waals surface area (Å²) in [5.41, 5.74) is 0.608. The van der Waals surface area contributed by atoms with Crippen molar-refractivity contribution in [2.45, 2.75) is 17.3 Å². The highest BCUT2D eigenvalue weighted by atomic mass is 32.2. The molecule has 0 radical (unpaired) electrons. The fourth-order valence-corrected chi connectivity index (χ4v) is 4.95. The lowest BCUT2D eigenvalue weighted by molar-refractivity contribution is 0.0769. The maximum Gasteiger partial charge on any atom is 0.272 e. The summed E-state index contributed by atoms with van der Waals surface area (Å²) in [5, 5.41) is 0.236. The van der Waals surface area contributed by atoms with Crippen LogP contribution in [0.4, 0.5) is 17.6 Å². The number of carbonyl (C=O) groups is 1. The summed E-state index contributed by atoms with van der Waals surface area (Å²) in [7, 11) is 3.75. The van der Waals surface area contributed by atoms with Gasteiger partial charge in [0.15, 0.2) is 16.8 Å². The molecule has 1 atom stereocenters. The molecule has 2 heterocycles. The topological polar surface area (TPSA) is 52.2 Å². The Kier molecular flexibility index (Phi) is 7.27. The molecule has 1 saturated heterocycles. The van der Waals surface area contributed by atoms with Gasteiger partial charge in [-0.2, -0.15) is 0 Å². The fourth-order valence-electron chi connectivity index (χ4n) is 4.07. The van der Waals surface area contributed by atoms with Crippen LogP contribution in [0, 0.1) is 29.2 Å². The van der Waals surface area contributed by atoms with Gasteiger partial charge in [0.2, 0.25) is 0 Å². The molecule has 1 N–H and O–H groups in total. The number of imidazole rings is 1. The second kappa shape index (κ2) is 10.2. The minimum absolute atomic E-state index is 0.197. The smallest absolute Gasteiger partial charge is 0.272 e. The molecule has 34 heavy (non-hydrogen) atoms. The first-order valence-electron chi connectivity index (χ1n) is 10.8. The van der Waals surface area contributed by atoms with Crippen LogP contribution in [0.1, 0.15) is 22.5 Å². The van der Waals surface area contributed by atoms with Gasteiger partial charge in [-0.15, -0.1) is 0 Å². The third-order valence-corrected chi connectivity index (χ3v) is 6.77. The van der Waals surface area contributed by atoms with Gasteiger partial charge >= 0.3 is 0 Å². The number of hydrogen-bond acceptors (Lipinski definition) is 4. The van der Waals surface area contributed by atoms with Crippen molar-refractivity contribution in [1.29, 1.82) is 0 Å². The third kappa shape index (κ3) is 5.28. The van der Waals surface area contributed by atoms with Crippen molar-refractivity contribution in [2.24, 2.45) is 5.92 Å². The number of rotatable bonds is 7. The number of thioether (sulfide) groups is 1. The molecule has 0 aliphatic carbocycles. The SMILES string of the molecule is CN1CCC(CN(C)C(=O)c2[nH]c(SCc3c(F)ccc(F)c3F)nc2-c2ccc(F)cc2)C1. The van der Waals surface area contributed by atoms with Crippen molar-refractivity contribution in [2.75, 3.05) is 33.7 Å². The van der Waals surface area contributed by atoms with Crippen molar-refractivity contribution in [3.05, 3.63) is 70.9 Å². The van der Waals surface area contributed by atoms with Gasteiger partial charge in [-0.25, -0.2) is 22.5 Å². The molecule has 180 valence electrons. The van der Waals surface area contributed by atoms with Gasteiger partial charge in [0.25, 0.3) is 5.91 Å². The first kappa shape index (κ1) is 24.3. The number of hydrogen-bond donors (Lipinski definition) is 1. The van der Waals surface area contributed by atoms with Crippen LogP contribution in [0.2, 0.25) is 0 Å². The summed E-state index contributed by atoms with van der Waals surface area (Å²) in [4.78, 5) is 24.5. The second-order valence-electron chi connectivity index (χ2n) is 8.49. The third-order valence-electron chi connectivity index (χ3n) is 5.87. The van der Waals surface area contributed by atoms with Gasteiger partial charge in [-0.3, -0.25) is 4.79 Å². The van der Waals surface area contributed by atoms with Crippen LogP contribution in [-0.4, -0.2) is 59.4 Å². The van der Waals surface area contributed by atoms with Crippen molar-refractivity contribution in [3.8, 4) is 11.3 Å². The Morgan fingerprint density at radius 3 is 2.53 bits per heavy atom. The largest absolute Gasteiger partial charge is 0.340 e. The number of aromatic nitrogens is 2. The molecule has 4 rings (SSSR count). The Balaban J connectivity index is 1.60. The van der Waals surface area contributed by atoms with E-state index in [4.69, 9.17) is 0 Å². The Bertz CT molecular complexity index is 1180. The second-order valence-corrected chi connectivity index (χ2v) is 9.45. The maximum absolute atomic E-state index is 14.0. The van der Waals surface area contributed by atoms with E-state index in [-0.39, 0.29) is 22.5 Å². The van der Waals surface area contributed by atoms with E-state index in [1.165, 1.54) is 24.3 Å². The summed E-state index contributed by atoms with van der Waals surface area (Å²) in [6.45, 7) is 2.44. The first-order chi connectivity index (χ1) is 16.2. The number of amides is 1. The summed E-state index contributed by atoms with van der Waals surface area (Å²) in [6.07, 6.45) is 0.994. The van der Waals surface area contributed by atoms with Crippen molar-refractivity contribution < 1.29 is 22.4 Å². The van der Waals surface area contributed by atoms with Crippen LogP contribution >= 0.6 is 11.8 Å². The molecule has 5 nitrogen and oxygen atoms in total. The van der Waals surface area contributed by atoms with E-state index < -0.39 is 28.8 Å². The molecule has 0 bridgehead atoms. The molecule has 1 amide bonds. The fraction of sp³-hybridized carbons (Fsp3) is 0.333. The van der Waals surface area contributed by atoms with Crippen LogP contribution in [0.15, 0.2) is 41.6 Å². The van der Waals surface area contributed by atoms with Crippen LogP contribution in [-0.2, 0) is 5.75 Å². The van der Waals surface area contributed by atoms with Gasteiger partial charge in [-0.1, -0.05) is 11.8 Å². The summed E-state index contributed by atoms with van der Waals surface area (Å²) < 4.78 is 55.1. The van der Waals surface area contributed by atoms with Crippen LogP contribution in [0.5, 0.6) is 0 Å². The molecular weight excluding hydrogens is 468 g/mol. The average Bonchev–Trinajstić information content (AvgIpc) is 3.42. The van der Waals surface area contributed by atoms with Gasteiger partial charge in [-0.05, 0) is 62.3 Å². The highest BCUT2D eigenvalue weighted by molar-refractivity contribution is 7.98. The number of halogens is 4. The number of aromatic amines is 1. The number of H-pyrrole nitrogens is 1. The molecule has 3 aromatic rings. The molecule has 1 unspecified atom stereocenters. The number of carbonyl (C=O) groups excluding carboxylic acids is 1. The summed E-state index contributed by atoms with van der Waals surface area (Å²) in [5.74, 6) is -3.87. The lowest BCUT2D eigenvalue weighted by Gasteiger charge is -2.21. The molecule has 1 aliphatic rings. The normalized spacial score (nSPS) is 16.2. The van der Waals surface area contributed by atoms with E-state index in [1.807, 2.05) is 7.05 Å². The molecule has 0 saturated carbocycles. The van der Waals surface area contributed by atoms with Crippen LogP contribution in [0.25, 0.3) is 11.3 Å². The average molecular weight is 493 g/mol. The minimum atomic E-state index is -1.25. The minimum Gasteiger partial charge on any atom is -0.340 e. The molecular formula is C24H24F4N4OS. The zero-order chi connectivity index (χ0) is 24.4. The number of likely N-dealkylation sites (tertiary alicyclic amines) is 1. The van der Waals surface area contributed by atoms with E-state index in [0.29, 0.717) is 23.7 Å². The van der Waals surface area contributed by atoms with Crippen molar-refractivity contribution >= 4 is 17.7 Å². The Hall–Kier alpha value is -2.85. The maximum atomic E-state index is 14.0. The molecule has 0 spiro atoms. The number of nitrogens with zero attached hydrogens (tertiary/aromatic N) is 3. The Labute approximate surface area is 199 Å². The van der Waals surface area contributed by atoms with Crippen LogP contribution in [0.3, 0.4) is 0 Å². The monoisotopic (exact) mass is 492 g/mol. The predicted molar refractivity (Wildman–Crippen MR) is 122 cm³/mol. The van der Waals surface area contributed by atoms with Crippen molar-refractivity contribution in [3.63, 3.8) is 0 Å². The predicted octanol–water partition coefficient (Wildman–Crippen LogP) is 4.95. The van der Waals surface area contributed by atoms with Crippen molar-refractivity contribution in [1.82, 2.24) is 19.8 Å². The zero-order valence-electron chi connectivity index (χ0n) is 18.7. The standard InChI is InChI=1S/C24H24F4N4OS/c1-31-10-9-14(11-31)12-32(2)23(33)22-21(15-3-5-16(25)6-4-15)29-24(30-22)34-13-17-18(26)7-8-19(27)20(17)28/h3-8,14H,9-13H2,1-2H3,(H,29,30). The van der Waals surface area contributed by atoms with Gasteiger partial charge in [0.05, 0.1) is 0 Å². The Morgan fingerprint density at radius 1 is 1.15 bits per heavy atom. The molecule has 1 aliphatic heterocycles. The van der Waals surface area contributed by atoms with E-state index in [0.717, 1.165) is 43.4 Å². The van der Waals surface area contributed by atoms with E-state index in [1.54, 1.807) is 11.9 Å².